The molecule has 0 radical (unpaired) electrons. The molecular weight excluding hydrogens is 458 g/mol. The van der Waals surface area contributed by atoms with Crippen LogP contribution in [-0.4, -0.2) is 84.2 Å². The Morgan fingerprint density at radius 2 is 1.86 bits per heavy atom. The van der Waals surface area contributed by atoms with Crippen molar-refractivity contribution in [2.45, 2.75) is 0 Å². The van der Waals surface area contributed by atoms with Crippen LogP contribution >= 0.6 is 0 Å². The first-order valence-electron chi connectivity index (χ1n) is 11.3. The molecule has 178 valence electrons. The minimum atomic E-state index is -0.133. The second kappa shape index (κ2) is 8.71. The van der Waals surface area contributed by atoms with Gasteiger partial charge in [-0.15, -0.1) is 0 Å². The van der Waals surface area contributed by atoms with Crippen LogP contribution in [-0.2, 0) is 0 Å². The van der Waals surface area contributed by atoms with Gasteiger partial charge in [0.15, 0.2) is 11.5 Å². The number of nitrogens with zero attached hydrogens (tertiary/aromatic N) is 8. The van der Waals surface area contributed by atoms with Gasteiger partial charge in [0.25, 0.3) is 0 Å². The first-order valence-corrected chi connectivity index (χ1v) is 11.3. The van der Waals surface area contributed by atoms with Crippen LogP contribution < -0.4 is 5.32 Å². The molecule has 1 fully saturated rings. The first kappa shape index (κ1) is 21.6. The predicted octanol–water partition coefficient (Wildman–Crippen LogP) is 3.29. The van der Waals surface area contributed by atoms with Crippen LogP contribution in [0.5, 0.6) is 0 Å². The Labute approximate surface area is 205 Å². The van der Waals surface area contributed by atoms with Gasteiger partial charge in [0.1, 0.15) is 5.69 Å². The molecule has 12 nitrogen and oxygen atoms in total. The van der Waals surface area contributed by atoms with Crippen molar-refractivity contribution in [3.63, 3.8) is 0 Å². The molecule has 5 aromatic rings. The van der Waals surface area contributed by atoms with E-state index in [2.05, 4.69) is 57.2 Å². The summed E-state index contributed by atoms with van der Waals surface area (Å²) >= 11 is 0. The van der Waals surface area contributed by atoms with Crippen molar-refractivity contribution in [3.05, 3.63) is 54.5 Å². The third-order valence-corrected chi connectivity index (χ3v) is 6.25. The summed E-state index contributed by atoms with van der Waals surface area (Å²) in [4.78, 5) is 40.9. The molecule has 1 aliphatic rings. The van der Waals surface area contributed by atoms with E-state index in [-0.39, 0.29) is 6.03 Å². The number of hydrogen-bond acceptors (Lipinski definition) is 7. The number of hydrogen-bond donors (Lipinski definition) is 3. The number of amides is 2. The number of aromatic amines is 2. The van der Waals surface area contributed by atoms with Crippen LogP contribution in [0.15, 0.2) is 43.1 Å². The molecule has 1 aliphatic heterocycles. The minimum absolute atomic E-state index is 0.133. The summed E-state index contributed by atoms with van der Waals surface area (Å²) in [5.74, 6) is 0.513. The van der Waals surface area contributed by atoms with Crippen molar-refractivity contribution >= 4 is 39.5 Å². The van der Waals surface area contributed by atoms with Gasteiger partial charge >= 0.3 is 6.03 Å². The Balaban J connectivity index is 1.31. The molecule has 2 amide bonds. The summed E-state index contributed by atoms with van der Waals surface area (Å²) in [7, 11) is 2.05. The topological polar surface area (TPSA) is 136 Å². The van der Waals surface area contributed by atoms with Gasteiger partial charge in [-0.3, -0.25) is 15.1 Å². The number of pyridine rings is 3. The monoisotopic (exact) mass is 479 g/mol. The highest BCUT2D eigenvalue weighted by Gasteiger charge is 2.20. The van der Waals surface area contributed by atoms with Crippen LogP contribution in [0.1, 0.15) is 0 Å². The lowest BCUT2D eigenvalue weighted by Crippen LogP contribution is -2.48. The number of carbonyl (C=O) groups is 1. The number of anilines is 1. The highest BCUT2D eigenvalue weighted by atomic mass is 16.2. The zero-order valence-electron chi connectivity index (χ0n) is 19.4. The summed E-state index contributed by atoms with van der Waals surface area (Å²) in [6.07, 6.45) is 8.21. The number of piperazine rings is 1. The Bertz CT molecular complexity index is 1640. The van der Waals surface area contributed by atoms with E-state index in [1.165, 1.54) is 6.20 Å². The molecule has 36 heavy (non-hydrogen) atoms. The quantitative estimate of drug-likeness (QED) is 0.338. The van der Waals surface area contributed by atoms with E-state index in [9.17, 15) is 4.79 Å². The van der Waals surface area contributed by atoms with Crippen molar-refractivity contribution < 1.29 is 4.79 Å². The molecule has 0 spiro atoms. The van der Waals surface area contributed by atoms with Gasteiger partial charge in [0.2, 0.25) is 5.69 Å². The van der Waals surface area contributed by atoms with Crippen LogP contribution in [0.4, 0.5) is 16.2 Å². The standard InChI is InChI=1S/C24H21N11O/c1-25-18-12-27-13-19-21(18)31-23(30-19)20-17-8-15(10-28-22(17)33-32-20)14-7-16(11-26-9-14)29-24(36)35-5-3-34(2)4-6-35/h7-13H,3-6H2,2H3,(H,29,36)(H,30,31)(H,28,32,33). The first-order chi connectivity index (χ1) is 17.6. The number of nitrogens with one attached hydrogen (secondary N) is 3. The number of imidazole rings is 1. The molecule has 0 unspecified atom stereocenters. The van der Waals surface area contributed by atoms with Gasteiger partial charge in [-0.25, -0.2) is 19.6 Å². The van der Waals surface area contributed by atoms with Crippen LogP contribution in [0, 0.1) is 6.57 Å². The number of aromatic nitrogens is 7. The lowest BCUT2D eigenvalue weighted by atomic mass is 10.1. The largest absolute Gasteiger partial charge is 0.336 e. The Morgan fingerprint density at radius 3 is 2.69 bits per heavy atom. The SMILES string of the molecule is [C-]#[N+]c1cncc2[nH]c(-c3n[nH]c4ncc(-c5cncc(NC(=O)N6CCN(C)CC6)c5)cc34)nc12. The summed E-state index contributed by atoms with van der Waals surface area (Å²) in [5.41, 5.74) is 4.99. The number of H-pyrrole nitrogens is 2. The molecular formula is C24H21N11O. The number of urea groups is 1. The summed E-state index contributed by atoms with van der Waals surface area (Å²) in [6, 6.07) is 3.69. The average molecular weight is 480 g/mol. The second-order valence-corrected chi connectivity index (χ2v) is 8.63. The van der Waals surface area contributed by atoms with Gasteiger partial charge in [-0.2, -0.15) is 5.10 Å². The van der Waals surface area contributed by atoms with E-state index in [4.69, 9.17) is 6.57 Å². The predicted molar refractivity (Wildman–Crippen MR) is 134 cm³/mol. The van der Waals surface area contributed by atoms with Gasteiger partial charge in [-0.1, -0.05) is 0 Å². The van der Waals surface area contributed by atoms with Gasteiger partial charge < -0.3 is 20.1 Å². The molecule has 0 atom stereocenters. The Hall–Kier alpha value is -4.89. The summed E-state index contributed by atoms with van der Waals surface area (Å²) in [5, 5.41) is 11.1. The fourth-order valence-electron chi connectivity index (χ4n) is 4.23. The van der Waals surface area contributed by atoms with Crippen molar-refractivity contribution in [2.24, 2.45) is 0 Å². The Morgan fingerprint density at radius 1 is 1.06 bits per heavy atom. The van der Waals surface area contributed by atoms with Gasteiger partial charge in [0.05, 0.1) is 34.9 Å². The van der Waals surface area contributed by atoms with Crippen LogP contribution in [0.2, 0.25) is 0 Å². The molecule has 0 bridgehead atoms. The smallest absolute Gasteiger partial charge is 0.321 e. The fraction of sp³-hybridized carbons (Fsp3) is 0.208. The molecule has 5 aromatic heterocycles. The highest BCUT2D eigenvalue weighted by molar-refractivity contribution is 5.96. The molecule has 3 N–H and O–H groups in total. The van der Waals surface area contributed by atoms with E-state index >= 15 is 0 Å². The van der Waals surface area contributed by atoms with Crippen molar-refractivity contribution in [1.82, 2.24) is 44.9 Å². The molecule has 1 saturated heterocycles. The maximum atomic E-state index is 12.7. The third kappa shape index (κ3) is 3.87. The molecule has 6 rings (SSSR count). The van der Waals surface area contributed by atoms with E-state index < -0.39 is 0 Å². The molecule has 0 aliphatic carbocycles. The number of fused-ring (bicyclic) bond motifs is 2. The molecule has 0 saturated carbocycles. The maximum absolute atomic E-state index is 12.7. The minimum Gasteiger partial charge on any atom is -0.336 e. The lowest BCUT2D eigenvalue weighted by molar-refractivity contribution is 0.164. The van der Waals surface area contributed by atoms with E-state index in [0.717, 1.165) is 29.6 Å². The fourth-order valence-corrected chi connectivity index (χ4v) is 4.23. The normalized spacial score (nSPS) is 14.3. The van der Waals surface area contributed by atoms with Crippen molar-refractivity contribution in [2.75, 3.05) is 38.5 Å². The summed E-state index contributed by atoms with van der Waals surface area (Å²) < 4.78 is 0. The Kier molecular flexibility index (Phi) is 5.24. The van der Waals surface area contributed by atoms with Crippen LogP contribution in [0.3, 0.4) is 0 Å². The zero-order valence-corrected chi connectivity index (χ0v) is 19.4. The lowest BCUT2D eigenvalue weighted by Gasteiger charge is -2.32. The highest BCUT2D eigenvalue weighted by Crippen LogP contribution is 2.31. The maximum Gasteiger partial charge on any atom is 0.321 e. The van der Waals surface area contributed by atoms with Crippen molar-refractivity contribution in [3.8, 4) is 22.6 Å². The molecule has 6 heterocycles. The van der Waals surface area contributed by atoms with Crippen LogP contribution in [0.25, 0.3) is 49.6 Å². The number of likely N-dealkylation sites (N-methyl/N-ethyl adjacent to an activating group) is 1. The van der Waals surface area contributed by atoms with E-state index in [0.29, 0.717) is 52.7 Å². The second-order valence-electron chi connectivity index (χ2n) is 8.63. The van der Waals surface area contributed by atoms with E-state index in [1.807, 2.05) is 12.1 Å². The van der Waals surface area contributed by atoms with Gasteiger partial charge in [0, 0.05) is 62.1 Å². The summed E-state index contributed by atoms with van der Waals surface area (Å²) in [6.45, 7) is 10.4. The molecule has 12 heteroatoms. The average Bonchev–Trinajstić information content (AvgIpc) is 3.52. The van der Waals surface area contributed by atoms with E-state index in [1.54, 1.807) is 29.7 Å². The molecule has 0 aromatic carbocycles. The zero-order chi connectivity index (χ0) is 24.6. The number of rotatable bonds is 3. The third-order valence-electron chi connectivity index (χ3n) is 6.25. The van der Waals surface area contributed by atoms with Crippen molar-refractivity contribution in [1.29, 1.82) is 0 Å². The number of carbonyl (C=O) groups excluding carboxylic acids is 1. The van der Waals surface area contributed by atoms with Gasteiger partial charge in [-0.05, 0) is 19.2 Å².